The van der Waals surface area contributed by atoms with Crippen molar-refractivity contribution in [2.24, 2.45) is 0 Å². The van der Waals surface area contributed by atoms with Crippen LogP contribution in [0.15, 0.2) is 91.0 Å². The Morgan fingerprint density at radius 3 is 1.30 bits per heavy atom. The molecule has 27 heavy (non-hydrogen) atoms. The van der Waals surface area contributed by atoms with Crippen LogP contribution in [0.2, 0.25) is 0 Å². The quantitative estimate of drug-likeness (QED) is 0.543. The van der Waals surface area contributed by atoms with Crippen LogP contribution in [0.5, 0.6) is 0 Å². The molecular weight excluding hydrogens is 394 g/mol. The molecule has 142 valence electrons. The van der Waals surface area contributed by atoms with E-state index in [1.165, 1.54) is 6.92 Å². The van der Waals surface area contributed by atoms with Gasteiger partial charge in [0.15, 0.2) is 0 Å². The normalized spacial score (nSPS) is 12.1. The molecule has 0 fully saturated rings. The summed E-state index contributed by atoms with van der Waals surface area (Å²) in [7, 11) is 1.89. The fourth-order valence-electron chi connectivity index (χ4n) is 3.73. The van der Waals surface area contributed by atoms with Gasteiger partial charge in [-0.15, -0.1) is 11.2 Å². The van der Waals surface area contributed by atoms with Gasteiger partial charge in [0.2, 0.25) is 0 Å². The third-order valence-corrected chi connectivity index (χ3v) is 10.9. The summed E-state index contributed by atoms with van der Waals surface area (Å²) >= 11 is 4.56. The van der Waals surface area contributed by atoms with Crippen LogP contribution in [0.3, 0.4) is 0 Å². The number of halogens is 1. The first-order chi connectivity index (χ1) is 13.1. The van der Waals surface area contributed by atoms with E-state index in [0.717, 1.165) is 15.9 Å². The van der Waals surface area contributed by atoms with Crippen molar-refractivity contribution in [3.8, 4) is 0 Å². The van der Waals surface area contributed by atoms with Crippen molar-refractivity contribution in [2.75, 3.05) is 6.16 Å². The maximum atomic E-state index is 12.4. The first kappa shape index (κ1) is 21.6. The molecule has 3 aromatic carbocycles. The van der Waals surface area contributed by atoms with Gasteiger partial charge in [-0.05, 0) is 8.59 Å². The molecule has 1 unspecified atom stereocenters. The third-order valence-electron chi connectivity index (χ3n) is 4.84. The molecule has 0 radical (unpaired) electrons. The minimum atomic E-state index is -3.37. The van der Waals surface area contributed by atoms with Crippen molar-refractivity contribution in [3.63, 3.8) is 0 Å². The van der Waals surface area contributed by atoms with Crippen LogP contribution in [-0.4, -0.2) is 12.1 Å². The number of carbonyl (C=O) groups is 1. The van der Waals surface area contributed by atoms with E-state index < -0.39 is 6.83 Å². The number of benzene rings is 3. The molecule has 2 nitrogen and oxygen atoms in total. The zero-order valence-corrected chi connectivity index (χ0v) is 18.4. The largest absolute Gasteiger partial charge is 0.104 e. The second-order valence-electron chi connectivity index (χ2n) is 6.12. The van der Waals surface area contributed by atoms with Gasteiger partial charge in [0.25, 0.3) is 0 Å². The molecule has 0 aliphatic rings. The molecule has 5 heteroatoms. The van der Waals surface area contributed by atoms with Gasteiger partial charge in [-0.25, -0.2) is 0 Å². The molecular formula is C22H25ClO2P2. The number of hydrogen-bond acceptors (Lipinski definition) is 2. The Bertz CT molecular complexity index is 756. The fraction of sp³-hybridized carbons (Fsp3) is 0.136. The van der Waals surface area contributed by atoms with Crippen LogP contribution in [0.1, 0.15) is 13.8 Å². The van der Waals surface area contributed by atoms with Crippen molar-refractivity contribution in [3.05, 3.63) is 91.0 Å². The van der Waals surface area contributed by atoms with E-state index in [2.05, 4.69) is 54.6 Å². The molecule has 0 bridgehead atoms. The second-order valence-corrected chi connectivity index (χ2v) is 10.9. The van der Waals surface area contributed by atoms with E-state index in [4.69, 9.17) is 4.52 Å². The summed E-state index contributed by atoms with van der Waals surface area (Å²) in [5, 5.41) is 3.22. The summed E-state index contributed by atoms with van der Waals surface area (Å²) in [5.74, 6) is -0.254. The number of rotatable bonds is 5. The van der Waals surface area contributed by atoms with E-state index in [1.807, 2.05) is 63.2 Å². The summed E-state index contributed by atoms with van der Waals surface area (Å²) in [4.78, 5) is 12.4. The van der Waals surface area contributed by atoms with Gasteiger partial charge in [-0.3, -0.25) is 0 Å². The Balaban J connectivity index is 0.00000126. The first-order valence-corrected chi connectivity index (χ1v) is 12.8. The van der Waals surface area contributed by atoms with E-state index in [9.17, 15) is 4.79 Å². The zero-order chi connectivity index (χ0) is 19.8. The van der Waals surface area contributed by atoms with Gasteiger partial charge in [0.05, 0.1) is 0 Å². The summed E-state index contributed by atoms with van der Waals surface area (Å²) in [6.07, 6.45) is 0.712. The van der Waals surface area contributed by atoms with Gasteiger partial charge in [-0.2, -0.15) is 0 Å². The summed E-state index contributed by atoms with van der Waals surface area (Å²) in [6, 6.07) is 30.6. The topological polar surface area (TPSA) is 26.3 Å². The monoisotopic (exact) mass is 418 g/mol. The van der Waals surface area contributed by atoms with Gasteiger partial charge < -0.3 is 0 Å². The van der Waals surface area contributed by atoms with Gasteiger partial charge in [0.1, 0.15) is 0 Å². The first-order valence-electron chi connectivity index (χ1n) is 8.74. The van der Waals surface area contributed by atoms with E-state index in [-0.39, 0.29) is 5.97 Å². The summed E-state index contributed by atoms with van der Waals surface area (Å²) < 4.78 is 6.42. The average Bonchev–Trinajstić information content (AvgIpc) is 2.75. The standard InChI is InChI=1S/C22H23O2P.ClH2P/c1-3-25(24-19(2)23,20-13-7-4-8-14-20,21-15-9-5-10-16-21)22-17-11-6-12-18-22;1-2/h4-18H,3H2,1-2H3;2H2. The van der Waals surface area contributed by atoms with Crippen LogP contribution < -0.4 is 15.9 Å². The average molecular weight is 419 g/mol. The molecule has 0 N–H and O–H groups in total. The number of carbonyl (C=O) groups excluding carboxylic acids is 1. The molecule has 0 aliphatic heterocycles. The van der Waals surface area contributed by atoms with E-state index >= 15 is 0 Å². The van der Waals surface area contributed by atoms with Crippen molar-refractivity contribution in [1.29, 1.82) is 0 Å². The second kappa shape index (κ2) is 9.47. The summed E-state index contributed by atoms with van der Waals surface area (Å²) in [5.41, 5.74) is 0. The molecule has 3 aromatic rings. The summed E-state index contributed by atoms with van der Waals surface area (Å²) in [6.45, 7) is 0.254. The van der Waals surface area contributed by atoms with Crippen LogP contribution in [0, 0.1) is 0 Å². The molecule has 3 rings (SSSR count). The molecule has 0 saturated heterocycles. The Hall–Kier alpha value is -1.72. The molecule has 1 atom stereocenters. The minimum absolute atomic E-state index is 0.254. The number of hydrogen-bond donors (Lipinski definition) is 0. The molecule has 0 spiro atoms. The molecule has 0 saturated carbocycles. The predicted octanol–water partition coefficient (Wildman–Crippen LogP) is 5.03. The van der Waals surface area contributed by atoms with Crippen molar-refractivity contribution in [2.45, 2.75) is 13.8 Å². The third kappa shape index (κ3) is 3.81. The zero-order valence-electron chi connectivity index (χ0n) is 15.6. The van der Waals surface area contributed by atoms with Crippen molar-refractivity contribution >= 4 is 48.5 Å². The molecule has 0 aromatic heterocycles. The van der Waals surface area contributed by atoms with Gasteiger partial charge in [0, 0.05) is 0 Å². The van der Waals surface area contributed by atoms with Gasteiger partial charge in [-0.1, -0.05) is 0 Å². The maximum Gasteiger partial charge on any atom is -0.0393 e. The van der Waals surface area contributed by atoms with Crippen molar-refractivity contribution in [1.82, 2.24) is 0 Å². The SMILES string of the molecule is CCP(OC(C)=O)(c1ccccc1)(c1ccccc1)c1ccccc1.PCl. The minimum Gasteiger partial charge on any atom is -0.104 e. The predicted molar refractivity (Wildman–Crippen MR) is 123 cm³/mol. The Labute approximate surface area is 168 Å². The van der Waals surface area contributed by atoms with Crippen LogP contribution in [0.4, 0.5) is 0 Å². The van der Waals surface area contributed by atoms with Crippen LogP contribution >= 0.6 is 26.7 Å². The van der Waals surface area contributed by atoms with Crippen LogP contribution in [0.25, 0.3) is 0 Å². The Morgan fingerprint density at radius 1 is 0.778 bits per heavy atom. The van der Waals surface area contributed by atoms with Crippen molar-refractivity contribution < 1.29 is 9.32 Å². The van der Waals surface area contributed by atoms with E-state index in [0.29, 0.717) is 6.16 Å². The Morgan fingerprint density at radius 2 is 1.07 bits per heavy atom. The maximum absolute atomic E-state index is 12.4. The smallest absolute Gasteiger partial charge is 0.0393 e. The van der Waals surface area contributed by atoms with Gasteiger partial charge >= 0.3 is 149 Å². The molecule has 0 amide bonds. The molecule has 0 aliphatic carbocycles. The fourth-order valence-corrected chi connectivity index (χ4v) is 9.14. The Kier molecular flexibility index (Phi) is 7.57. The van der Waals surface area contributed by atoms with E-state index in [1.54, 1.807) is 0 Å². The van der Waals surface area contributed by atoms with Crippen LogP contribution in [-0.2, 0) is 9.32 Å². The molecule has 0 heterocycles.